The van der Waals surface area contributed by atoms with Crippen LogP contribution in [0.4, 0.5) is 4.39 Å². The minimum absolute atomic E-state index is 0.401. The van der Waals surface area contributed by atoms with Crippen molar-refractivity contribution in [1.82, 2.24) is 4.72 Å². The monoisotopic (exact) mass is 326 g/mol. The van der Waals surface area contributed by atoms with E-state index < -0.39 is 38.3 Å². The van der Waals surface area contributed by atoms with Gasteiger partial charge >= 0.3 is 0 Å². The first-order valence-corrected chi connectivity index (χ1v) is 8.20. The maximum absolute atomic E-state index is 13.5. The number of nitrogens with zero attached hydrogens (tertiary/aromatic N) is 1. The third kappa shape index (κ3) is 3.81. The molecule has 1 aromatic carbocycles. The number of hydrogen-bond acceptors (Lipinski definition) is 5. The van der Waals surface area contributed by atoms with E-state index in [0.29, 0.717) is 12.5 Å². The lowest BCUT2D eigenvalue weighted by Crippen LogP contribution is -2.39. The predicted octanol–water partition coefficient (Wildman–Crippen LogP) is 1.32. The molecule has 1 amide bonds. The van der Waals surface area contributed by atoms with Gasteiger partial charge in [-0.05, 0) is 37.8 Å². The molecule has 1 aliphatic carbocycles. The van der Waals surface area contributed by atoms with Gasteiger partial charge in [-0.2, -0.15) is 5.26 Å². The SMILES string of the molecule is CC(OCC1CC1)C(=O)NS(=O)(=O)c1cccc(F)c1C#N. The maximum atomic E-state index is 13.5. The molecule has 0 spiro atoms. The number of carbonyl (C=O) groups is 1. The van der Waals surface area contributed by atoms with Crippen LogP contribution in [0.2, 0.25) is 0 Å². The number of amides is 1. The standard InChI is InChI=1S/C14H15FN2O4S/c1-9(21-8-10-5-6-10)14(18)17-22(19,20)13-4-2-3-12(15)11(13)7-16/h2-4,9-10H,5-6,8H2,1H3,(H,17,18). The van der Waals surface area contributed by atoms with E-state index in [0.717, 1.165) is 31.0 Å². The number of nitrogens with one attached hydrogen (secondary N) is 1. The van der Waals surface area contributed by atoms with Gasteiger partial charge in [-0.1, -0.05) is 6.07 Å². The summed E-state index contributed by atoms with van der Waals surface area (Å²) in [6.45, 7) is 1.84. The number of ether oxygens (including phenoxy) is 1. The molecule has 1 unspecified atom stereocenters. The fourth-order valence-electron chi connectivity index (χ4n) is 1.75. The highest BCUT2D eigenvalue weighted by molar-refractivity contribution is 7.90. The Morgan fingerprint density at radius 2 is 2.23 bits per heavy atom. The van der Waals surface area contributed by atoms with Gasteiger partial charge in [-0.3, -0.25) is 4.79 Å². The summed E-state index contributed by atoms with van der Waals surface area (Å²) in [5.41, 5.74) is -0.630. The summed E-state index contributed by atoms with van der Waals surface area (Å²) in [5, 5.41) is 8.87. The average Bonchev–Trinajstić information content (AvgIpc) is 3.28. The molecule has 1 aliphatic rings. The number of halogens is 1. The van der Waals surface area contributed by atoms with Crippen LogP contribution in [0.5, 0.6) is 0 Å². The molecule has 1 aromatic rings. The summed E-state index contributed by atoms with van der Waals surface area (Å²) in [6.07, 6.45) is 1.14. The molecule has 0 aliphatic heterocycles. The van der Waals surface area contributed by atoms with Crippen LogP contribution in [0.3, 0.4) is 0 Å². The molecule has 1 saturated carbocycles. The van der Waals surface area contributed by atoms with Gasteiger partial charge in [0.15, 0.2) is 0 Å². The van der Waals surface area contributed by atoms with Gasteiger partial charge in [0, 0.05) is 0 Å². The Bertz CT molecular complexity index is 723. The minimum Gasteiger partial charge on any atom is -0.368 e. The van der Waals surface area contributed by atoms with Crippen LogP contribution < -0.4 is 4.72 Å². The lowest BCUT2D eigenvalue weighted by atomic mass is 10.2. The summed E-state index contributed by atoms with van der Waals surface area (Å²) in [5.74, 6) is -1.38. The zero-order valence-electron chi connectivity index (χ0n) is 11.9. The quantitative estimate of drug-likeness (QED) is 0.850. The predicted molar refractivity (Wildman–Crippen MR) is 74.6 cm³/mol. The molecule has 0 aromatic heterocycles. The van der Waals surface area contributed by atoms with Crippen molar-refractivity contribution in [3.63, 3.8) is 0 Å². The second kappa shape index (κ2) is 6.42. The first kappa shape index (κ1) is 16.4. The van der Waals surface area contributed by atoms with Crippen molar-refractivity contribution in [3.05, 3.63) is 29.6 Å². The third-order valence-corrected chi connectivity index (χ3v) is 4.65. The van der Waals surface area contributed by atoms with Crippen molar-refractivity contribution in [3.8, 4) is 6.07 Å². The summed E-state index contributed by atoms with van der Waals surface area (Å²) >= 11 is 0. The molecular formula is C14H15FN2O4S. The lowest BCUT2D eigenvalue weighted by molar-refractivity contribution is -0.130. The van der Waals surface area contributed by atoms with Crippen molar-refractivity contribution in [2.24, 2.45) is 5.92 Å². The Morgan fingerprint density at radius 1 is 1.55 bits per heavy atom. The Balaban J connectivity index is 2.12. The van der Waals surface area contributed by atoms with Crippen molar-refractivity contribution >= 4 is 15.9 Å². The first-order valence-electron chi connectivity index (χ1n) is 6.72. The number of benzene rings is 1. The van der Waals surface area contributed by atoms with E-state index in [-0.39, 0.29) is 0 Å². The minimum atomic E-state index is -4.33. The van der Waals surface area contributed by atoms with Crippen LogP contribution in [-0.4, -0.2) is 27.0 Å². The van der Waals surface area contributed by atoms with Crippen LogP contribution in [-0.2, 0) is 19.6 Å². The molecule has 1 fully saturated rings. The number of carbonyl (C=O) groups excluding carboxylic acids is 1. The highest BCUT2D eigenvalue weighted by Crippen LogP contribution is 2.29. The first-order chi connectivity index (χ1) is 10.3. The summed E-state index contributed by atoms with van der Waals surface area (Å²) in [4.78, 5) is 11.3. The Morgan fingerprint density at radius 3 is 2.82 bits per heavy atom. The molecule has 1 N–H and O–H groups in total. The summed E-state index contributed by atoms with van der Waals surface area (Å²) in [6, 6.07) is 4.67. The lowest BCUT2D eigenvalue weighted by Gasteiger charge is -2.14. The van der Waals surface area contributed by atoms with E-state index in [9.17, 15) is 17.6 Å². The molecule has 6 nitrogen and oxygen atoms in total. The number of nitriles is 1. The van der Waals surface area contributed by atoms with Gasteiger partial charge in [-0.15, -0.1) is 0 Å². The fraction of sp³-hybridized carbons (Fsp3) is 0.429. The van der Waals surface area contributed by atoms with Crippen LogP contribution in [0.25, 0.3) is 0 Å². The molecule has 0 radical (unpaired) electrons. The molecule has 0 heterocycles. The smallest absolute Gasteiger partial charge is 0.265 e. The normalized spacial score (nSPS) is 15.9. The molecular weight excluding hydrogens is 311 g/mol. The van der Waals surface area contributed by atoms with Crippen LogP contribution in [0, 0.1) is 23.1 Å². The van der Waals surface area contributed by atoms with E-state index in [1.54, 1.807) is 0 Å². The number of rotatable bonds is 6. The number of sulfonamides is 1. The zero-order chi connectivity index (χ0) is 16.3. The third-order valence-electron chi connectivity index (χ3n) is 3.26. The Kier molecular flexibility index (Phi) is 4.78. The average molecular weight is 326 g/mol. The van der Waals surface area contributed by atoms with Crippen LogP contribution >= 0.6 is 0 Å². The van der Waals surface area contributed by atoms with Crippen molar-refractivity contribution < 1.29 is 22.3 Å². The van der Waals surface area contributed by atoms with E-state index >= 15 is 0 Å². The summed E-state index contributed by atoms with van der Waals surface area (Å²) in [7, 11) is -4.33. The second-order valence-corrected chi connectivity index (χ2v) is 6.76. The zero-order valence-corrected chi connectivity index (χ0v) is 12.7. The molecule has 0 bridgehead atoms. The largest absolute Gasteiger partial charge is 0.368 e. The van der Waals surface area contributed by atoms with Crippen molar-refractivity contribution in [2.75, 3.05) is 6.61 Å². The molecule has 22 heavy (non-hydrogen) atoms. The molecule has 118 valence electrons. The van der Waals surface area contributed by atoms with E-state index in [1.165, 1.54) is 13.0 Å². The van der Waals surface area contributed by atoms with E-state index in [1.807, 2.05) is 4.72 Å². The van der Waals surface area contributed by atoms with Crippen LogP contribution in [0.15, 0.2) is 23.1 Å². The van der Waals surface area contributed by atoms with Gasteiger partial charge in [-0.25, -0.2) is 17.5 Å². The van der Waals surface area contributed by atoms with Gasteiger partial charge in [0.25, 0.3) is 15.9 Å². The van der Waals surface area contributed by atoms with Gasteiger partial charge in [0.2, 0.25) is 0 Å². The second-order valence-electron chi connectivity index (χ2n) is 5.11. The fourth-order valence-corrected chi connectivity index (χ4v) is 2.96. The molecule has 2 rings (SSSR count). The molecule has 1 atom stereocenters. The van der Waals surface area contributed by atoms with E-state index in [4.69, 9.17) is 10.00 Å². The summed E-state index contributed by atoms with van der Waals surface area (Å²) < 4.78 is 44.8. The van der Waals surface area contributed by atoms with Crippen LogP contribution in [0.1, 0.15) is 25.3 Å². The van der Waals surface area contributed by atoms with Crippen molar-refractivity contribution in [1.29, 1.82) is 5.26 Å². The van der Waals surface area contributed by atoms with Gasteiger partial charge in [0.1, 0.15) is 28.4 Å². The highest BCUT2D eigenvalue weighted by Gasteiger charge is 2.28. The number of hydrogen-bond donors (Lipinski definition) is 1. The Hall–Kier alpha value is -1.98. The highest BCUT2D eigenvalue weighted by atomic mass is 32.2. The van der Waals surface area contributed by atoms with Gasteiger partial charge in [0.05, 0.1) is 6.61 Å². The molecule has 8 heteroatoms. The van der Waals surface area contributed by atoms with E-state index in [2.05, 4.69) is 0 Å². The van der Waals surface area contributed by atoms with Gasteiger partial charge < -0.3 is 4.74 Å². The Labute approximate surface area is 127 Å². The maximum Gasteiger partial charge on any atom is 0.265 e. The molecule has 0 saturated heterocycles. The van der Waals surface area contributed by atoms with Crippen molar-refractivity contribution in [2.45, 2.75) is 30.8 Å². The topological polar surface area (TPSA) is 96.3 Å².